The van der Waals surface area contributed by atoms with Crippen LogP contribution in [-0.4, -0.2) is 49.7 Å². The first-order valence-electron chi connectivity index (χ1n) is 8.07. The van der Waals surface area contributed by atoms with E-state index in [2.05, 4.69) is 5.32 Å². The van der Waals surface area contributed by atoms with Crippen LogP contribution in [0.1, 0.15) is 26.7 Å². The predicted molar refractivity (Wildman–Crippen MR) is 88.9 cm³/mol. The fraction of sp³-hybridized carbons (Fsp3) is 0.500. The number of amides is 1. The molecule has 0 heterocycles. The number of aliphatic hydroxyl groups is 1. The number of nitrogens with one attached hydrogen (secondary N) is 2. The van der Waals surface area contributed by atoms with Gasteiger partial charge in [0.05, 0.1) is 11.0 Å². The molecule has 8 nitrogen and oxygen atoms in total. The number of halogens is 1. The molecule has 1 fully saturated rings. The van der Waals surface area contributed by atoms with Gasteiger partial charge in [0.15, 0.2) is 6.10 Å². The van der Waals surface area contributed by atoms with Crippen molar-refractivity contribution in [3.8, 4) is 0 Å². The molecular formula is C16H21FN2O6S. The Balaban J connectivity index is 2.05. The zero-order chi connectivity index (χ0) is 19.5. The van der Waals surface area contributed by atoms with Gasteiger partial charge in [-0.1, -0.05) is 0 Å². The molecular weight excluding hydrogens is 367 g/mol. The van der Waals surface area contributed by atoms with Crippen LogP contribution < -0.4 is 10.0 Å². The van der Waals surface area contributed by atoms with Crippen LogP contribution in [0.4, 0.5) is 4.39 Å². The molecule has 144 valence electrons. The molecule has 1 saturated carbocycles. The van der Waals surface area contributed by atoms with E-state index in [0.717, 1.165) is 37.1 Å². The summed E-state index contributed by atoms with van der Waals surface area (Å²) >= 11 is 0. The van der Waals surface area contributed by atoms with Crippen molar-refractivity contribution in [3.05, 3.63) is 30.1 Å². The van der Waals surface area contributed by atoms with Gasteiger partial charge in [0.2, 0.25) is 10.0 Å². The fourth-order valence-corrected chi connectivity index (χ4v) is 3.30. The van der Waals surface area contributed by atoms with Crippen molar-refractivity contribution >= 4 is 21.9 Å². The Hall–Kier alpha value is -2.04. The Morgan fingerprint density at radius 3 is 2.31 bits per heavy atom. The highest BCUT2D eigenvalue weighted by Crippen LogP contribution is 2.19. The van der Waals surface area contributed by atoms with Crippen LogP contribution in [0.3, 0.4) is 0 Å². The van der Waals surface area contributed by atoms with Gasteiger partial charge in [-0.25, -0.2) is 12.8 Å². The lowest BCUT2D eigenvalue weighted by Crippen LogP contribution is -2.50. The summed E-state index contributed by atoms with van der Waals surface area (Å²) in [7, 11) is -4.21. The normalized spacial score (nSPS) is 17.8. The molecule has 10 heteroatoms. The first kappa shape index (κ1) is 20.3. The lowest BCUT2D eigenvalue weighted by atomic mass is 10.2. The maximum Gasteiger partial charge on any atom is 0.327 e. The summed E-state index contributed by atoms with van der Waals surface area (Å²) in [6.07, 6.45) is -0.837. The van der Waals surface area contributed by atoms with Gasteiger partial charge in [-0.3, -0.25) is 9.59 Å². The molecule has 0 unspecified atom stereocenters. The van der Waals surface area contributed by atoms with Crippen LogP contribution >= 0.6 is 0 Å². The van der Waals surface area contributed by atoms with Gasteiger partial charge in [-0.15, -0.1) is 0 Å². The van der Waals surface area contributed by atoms with Gasteiger partial charge in [-0.05, 0) is 51.0 Å². The van der Waals surface area contributed by atoms with E-state index in [1.807, 2.05) is 4.72 Å². The molecule has 0 spiro atoms. The summed E-state index contributed by atoms with van der Waals surface area (Å²) in [5.74, 6) is -2.21. The Kier molecular flexibility index (Phi) is 6.32. The molecule has 3 atom stereocenters. The van der Waals surface area contributed by atoms with Crippen molar-refractivity contribution < 1.29 is 32.2 Å². The molecule has 1 aromatic rings. The number of benzene rings is 1. The first-order chi connectivity index (χ1) is 12.1. The van der Waals surface area contributed by atoms with Crippen molar-refractivity contribution in [2.45, 2.75) is 55.9 Å². The molecule has 1 aliphatic carbocycles. The second kappa shape index (κ2) is 8.11. The molecule has 1 aliphatic rings. The minimum absolute atomic E-state index is 0.0770. The van der Waals surface area contributed by atoms with Crippen LogP contribution in [0, 0.1) is 5.82 Å². The number of hydrogen-bond acceptors (Lipinski definition) is 6. The Morgan fingerprint density at radius 1 is 1.23 bits per heavy atom. The lowest BCUT2D eigenvalue weighted by Gasteiger charge is -2.22. The number of hydrogen-bond donors (Lipinski definition) is 3. The SMILES string of the molecule is C[C@H](OC(=O)[C@@H](NS(=O)(=O)c1ccc(F)cc1)[C@H](C)O)C(=O)NC1CC1. The molecule has 1 amide bonds. The van der Waals surface area contributed by atoms with Crippen LogP contribution in [-0.2, 0) is 24.3 Å². The van der Waals surface area contributed by atoms with Gasteiger partial charge >= 0.3 is 5.97 Å². The van der Waals surface area contributed by atoms with E-state index in [0.29, 0.717) is 0 Å². The van der Waals surface area contributed by atoms with E-state index < -0.39 is 46.0 Å². The third kappa shape index (κ3) is 5.48. The number of sulfonamides is 1. The maximum absolute atomic E-state index is 12.9. The highest BCUT2D eigenvalue weighted by Gasteiger charge is 2.34. The average molecular weight is 388 g/mol. The second-order valence-electron chi connectivity index (χ2n) is 6.16. The zero-order valence-corrected chi connectivity index (χ0v) is 15.1. The number of carbonyl (C=O) groups excluding carboxylic acids is 2. The number of ether oxygens (including phenoxy) is 1. The third-order valence-corrected chi connectivity index (χ3v) is 5.19. The van der Waals surface area contributed by atoms with Crippen molar-refractivity contribution in [1.82, 2.24) is 10.0 Å². The predicted octanol–water partition coefficient (Wildman–Crippen LogP) is 0.0637. The lowest BCUT2D eigenvalue weighted by molar-refractivity contribution is -0.158. The maximum atomic E-state index is 12.9. The van der Waals surface area contributed by atoms with E-state index >= 15 is 0 Å². The van der Waals surface area contributed by atoms with E-state index in [4.69, 9.17) is 4.74 Å². The molecule has 0 radical (unpaired) electrons. The molecule has 3 N–H and O–H groups in total. The Morgan fingerprint density at radius 2 is 1.81 bits per heavy atom. The second-order valence-corrected chi connectivity index (χ2v) is 7.87. The Bertz CT molecular complexity index is 761. The van der Waals surface area contributed by atoms with Crippen LogP contribution in [0.2, 0.25) is 0 Å². The fourth-order valence-electron chi connectivity index (χ4n) is 2.04. The van der Waals surface area contributed by atoms with Crippen molar-refractivity contribution in [2.24, 2.45) is 0 Å². The molecule has 0 saturated heterocycles. The van der Waals surface area contributed by atoms with Gasteiger partial charge in [0, 0.05) is 6.04 Å². The van der Waals surface area contributed by atoms with Crippen LogP contribution in [0.25, 0.3) is 0 Å². The largest absolute Gasteiger partial charge is 0.451 e. The van der Waals surface area contributed by atoms with Crippen molar-refractivity contribution in [2.75, 3.05) is 0 Å². The van der Waals surface area contributed by atoms with E-state index in [1.54, 1.807) is 0 Å². The highest BCUT2D eigenvalue weighted by molar-refractivity contribution is 7.89. The zero-order valence-electron chi connectivity index (χ0n) is 14.3. The third-order valence-electron chi connectivity index (χ3n) is 3.73. The summed E-state index contributed by atoms with van der Waals surface area (Å²) in [6, 6.07) is 2.40. The van der Waals surface area contributed by atoms with Gasteiger partial charge in [0.1, 0.15) is 11.9 Å². The highest BCUT2D eigenvalue weighted by atomic mass is 32.2. The van der Waals surface area contributed by atoms with Gasteiger partial charge in [-0.2, -0.15) is 4.72 Å². The molecule has 0 bridgehead atoms. The average Bonchev–Trinajstić information content (AvgIpc) is 3.36. The number of rotatable bonds is 8. The topological polar surface area (TPSA) is 122 Å². The minimum Gasteiger partial charge on any atom is -0.451 e. The number of carbonyl (C=O) groups is 2. The van der Waals surface area contributed by atoms with Gasteiger partial charge in [0.25, 0.3) is 5.91 Å². The molecule has 0 aliphatic heterocycles. The Labute approximate surface area is 150 Å². The number of aliphatic hydroxyl groups excluding tert-OH is 1. The smallest absolute Gasteiger partial charge is 0.327 e. The van der Waals surface area contributed by atoms with Crippen LogP contribution in [0.5, 0.6) is 0 Å². The summed E-state index contributed by atoms with van der Waals surface area (Å²) in [6.45, 7) is 2.55. The molecule has 26 heavy (non-hydrogen) atoms. The summed E-state index contributed by atoms with van der Waals surface area (Å²) in [5.41, 5.74) is 0. The standard InChI is InChI=1S/C16H21FN2O6S/c1-9(20)14(16(22)25-10(2)15(21)18-12-5-6-12)19-26(23,24)13-7-3-11(17)4-8-13/h3-4,7-10,12,14,19-20H,5-6H2,1-2H3,(H,18,21)/t9-,10-,14-/m0/s1. The summed E-state index contributed by atoms with van der Waals surface area (Å²) < 4.78 is 44.5. The first-order valence-corrected chi connectivity index (χ1v) is 9.55. The molecule has 0 aromatic heterocycles. The van der Waals surface area contributed by atoms with E-state index in [-0.39, 0.29) is 10.9 Å². The van der Waals surface area contributed by atoms with Gasteiger partial charge < -0.3 is 15.2 Å². The summed E-state index contributed by atoms with van der Waals surface area (Å²) in [5, 5.41) is 12.4. The van der Waals surface area contributed by atoms with Crippen molar-refractivity contribution in [3.63, 3.8) is 0 Å². The number of esters is 1. The minimum atomic E-state index is -4.21. The quantitative estimate of drug-likeness (QED) is 0.542. The monoisotopic (exact) mass is 388 g/mol. The molecule has 1 aromatic carbocycles. The van der Waals surface area contributed by atoms with Crippen molar-refractivity contribution in [1.29, 1.82) is 0 Å². The van der Waals surface area contributed by atoms with Crippen LogP contribution in [0.15, 0.2) is 29.2 Å². The molecule has 2 rings (SSSR count). The summed E-state index contributed by atoms with van der Waals surface area (Å²) in [4.78, 5) is 23.8. The van der Waals surface area contributed by atoms with E-state index in [9.17, 15) is 27.5 Å². The van der Waals surface area contributed by atoms with E-state index in [1.165, 1.54) is 13.8 Å².